The Morgan fingerprint density at radius 1 is 0.926 bits per heavy atom. The molecule has 1 amide bonds. The molecular formula is C21H19N3O3. The average molecular weight is 361 g/mol. The molecule has 1 N–H and O–H groups in total. The number of methoxy groups -OCH3 is 1. The highest BCUT2D eigenvalue weighted by Gasteiger charge is 2.12. The van der Waals surface area contributed by atoms with E-state index in [4.69, 9.17) is 4.74 Å². The van der Waals surface area contributed by atoms with Crippen molar-refractivity contribution in [3.05, 3.63) is 84.2 Å². The summed E-state index contributed by atoms with van der Waals surface area (Å²) in [5.74, 6) is -0.771. The van der Waals surface area contributed by atoms with Crippen molar-refractivity contribution in [1.29, 1.82) is 0 Å². The third-order valence-corrected chi connectivity index (χ3v) is 4.06. The van der Waals surface area contributed by atoms with Crippen LogP contribution in [0.5, 0.6) is 0 Å². The zero-order valence-electron chi connectivity index (χ0n) is 15.0. The highest BCUT2D eigenvalue weighted by atomic mass is 16.5. The molecule has 27 heavy (non-hydrogen) atoms. The van der Waals surface area contributed by atoms with Crippen molar-refractivity contribution in [2.24, 2.45) is 0 Å². The molecule has 0 spiro atoms. The average Bonchev–Trinajstić information content (AvgIpc) is 2.73. The fourth-order valence-electron chi connectivity index (χ4n) is 2.58. The maximum absolute atomic E-state index is 12.6. The molecule has 0 fully saturated rings. The highest BCUT2D eigenvalue weighted by Crippen LogP contribution is 2.23. The van der Waals surface area contributed by atoms with Gasteiger partial charge in [0.1, 0.15) is 0 Å². The number of carbonyl (C=O) groups is 2. The molecule has 136 valence electrons. The van der Waals surface area contributed by atoms with Crippen LogP contribution in [0.4, 0.5) is 17.1 Å². The molecule has 0 saturated heterocycles. The molecule has 0 atom stereocenters. The summed E-state index contributed by atoms with van der Waals surface area (Å²) >= 11 is 0. The number of nitrogens with zero attached hydrogens (tertiary/aromatic N) is 2. The summed E-state index contributed by atoms with van der Waals surface area (Å²) in [6, 6.07) is 18.1. The number of pyridine rings is 1. The van der Waals surface area contributed by atoms with Gasteiger partial charge in [-0.1, -0.05) is 24.3 Å². The fourth-order valence-corrected chi connectivity index (χ4v) is 2.58. The Morgan fingerprint density at radius 2 is 1.70 bits per heavy atom. The van der Waals surface area contributed by atoms with Crippen LogP contribution in [0, 0.1) is 0 Å². The number of aromatic nitrogens is 1. The van der Waals surface area contributed by atoms with Crippen molar-refractivity contribution in [3.63, 3.8) is 0 Å². The number of hydrogen-bond donors (Lipinski definition) is 1. The van der Waals surface area contributed by atoms with Crippen LogP contribution in [0.3, 0.4) is 0 Å². The lowest BCUT2D eigenvalue weighted by Crippen LogP contribution is -2.15. The van der Waals surface area contributed by atoms with Crippen LogP contribution in [0.1, 0.15) is 20.7 Å². The van der Waals surface area contributed by atoms with E-state index in [0.29, 0.717) is 16.8 Å². The normalized spacial score (nSPS) is 10.1. The molecule has 0 aliphatic carbocycles. The van der Waals surface area contributed by atoms with Crippen molar-refractivity contribution in [3.8, 4) is 0 Å². The lowest BCUT2D eigenvalue weighted by atomic mass is 10.2. The van der Waals surface area contributed by atoms with Crippen LogP contribution in [-0.2, 0) is 4.74 Å². The van der Waals surface area contributed by atoms with Crippen LogP contribution < -0.4 is 10.2 Å². The van der Waals surface area contributed by atoms with Gasteiger partial charge >= 0.3 is 5.97 Å². The van der Waals surface area contributed by atoms with Crippen LogP contribution in [0.15, 0.2) is 73.1 Å². The first-order chi connectivity index (χ1) is 13.1. The van der Waals surface area contributed by atoms with Crippen LogP contribution in [-0.4, -0.2) is 31.0 Å². The summed E-state index contributed by atoms with van der Waals surface area (Å²) in [6.07, 6.45) is 3.20. The predicted octanol–water partition coefficient (Wildman–Crippen LogP) is 3.89. The zero-order valence-corrected chi connectivity index (χ0v) is 15.0. The minimum atomic E-state index is -0.459. The number of para-hydroxylation sites is 1. The van der Waals surface area contributed by atoms with E-state index in [0.717, 1.165) is 11.4 Å². The summed E-state index contributed by atoms with van der Waals surface area (Å²) in [5, 5.41) is 2.78. The maximum atomic E-state index is 12.6. The van der Waals surface area contributed by atoms with Crippen molar-refractivity contribution < 1.29 is 14.3 Å². The van der Waals surface area contributed by atoms with Gasteiger partial charge in [-0.15, -0.1) is 0 Å². The summed E-state index contributed by atoms with van der Waals surface area (Å²) in [7, 11) is 3.22. The second kappa shape index (κ2) is 8.14. The van der Waals surface area contributed by atoms with Gasteiger partial charge in [-0.3, -0.25) is 9.78 Å². The molecule has 0 aliphatic heterocycles. The third kappa shape index (κ3) is 4.30. The molecule has 1 aromatic heterocycles. The smallest absolute Gasteiger partial charge is 0.337 e. The van der Waals surface area contributed by atoms with Crippen LogP contribution in [0.2, 0.25) is 0 Å². The zero-order chi connectivity index (χ0) is 19.2. The molecule has 0 unspecified atom stereocenters. The van der Waals surface area contributed by atoms with Gasteiger partial charge in [0.15, 0.2) is 0 Å². The number of amides is 1. The van der Waals surface area contributed by atoms with Crippen LogP contribution in [0.25, 0.3) is 0 Å². The lowest BCUT2D eigenvalue weighted by molar-refractivity contribution is 0.0600. The summed E-state index contributed by atoms with van der Waals surface area (Å²) < 4.78 is 4.70. The van der Waals surface area contributed by atoms with E-state index in [9.17, 15) is 9.59 Å². The summed E-state index contributed by atoms with van der Waals surface area (Å²) in [4.78, 5) is 30.3. The Bertz CT molecular complexity index is 958. The molecule has 3 aromatic rings. The van der Waals surface area contributed by atoms with E-state index in [1.54, 1.807) is 36.5 Å². The Kier molecular flexibility index (Phi) is 5.47. The predicted molar refractivity (Wildman–Crippen MR) is 104 cm³/mol. The van der Waals surface area contributed by atoms with E-state index >= 15 is 0 Å². The molecule has 3 rings (SSSR count). The maximum Gasteiger partial charge on any atom is 0.337 e. The molecule has 0 radical (unpaired) electrons. The molecule has 2 aromatic carbocycles. The molecule has 1 heterocycles. The molecule has 0 aliphatic rings. The number of carbonyl (C=O) groups excluding carboxylic acids is 2. The van der Waals surface area contributed by atoms with Gasteiger partial charge in [-0.25, -0.2) is 4.79 Å². The molecule has 0 saturated carbocycles. The highest BCUT2D eigenvalue weighted by molar-refractivity contribution is 6.05. The van der Waals surface area contributed by atoms with E-state index in [-0.39, 0.29) is 5.91 Å². The van der Waals surface area contributed by atoms with Gasteiger partial charge in [0.2, 0.25) is 0 Å². The molecule has 6 nitrogen and oxygen atoms in total. The van der Waals surface area contributed by atoms with Gasteiger partial charge in [-0.05, 0) is 36.4 Å². The lowest BCUT2D eigenvalue weighted by Gasteiger charge is -2.19. The Labute approximate surface area is 157 Å². The number of rotatable bonds is 5. The number of esters is 1. The van der Waals surface area contributed by atoms with Gasteiger partial charge in [-0.2, -0.15) is 0 Å². The van der Waals surface area contributed by atoms with Crippen molar-refractivity contribution in [2.45, 2.75) is 0 Å². The van der Waals surface area contributed by atoms with Gasteiger partial charge in [0.25, 0.3) is 5.91 Å². The van der Waals surface area contributed by atoms with Gasteiger partial charge in [0.05, 0.1) is 30.1 Å². The molecule has 6 heteroatoms. The SMILES string of the molecule is COC(=O)c1cccc(NC(=O)c2cncc(N(C)c3ccccc3)c2)c1. The Morgan fingerprint density at radius 3 is 2.44 bits per heavy atom. The molecular weight excluding hydrogens is 342 g/mol. The largest absolute Gasteiger partial charge is 0.465 e. The standard InChI is InChI=1S/C21H19N3O3/c1-24(18-9-4-3-5-10-18)19-12-16(13-22-14-19)20(25)23-17-8-6-7-15(11-17)21(26)27-2/h3-14H,1-2H3,(H,23,25). The van der Waals surface area contributed by atoms with E-state index in [2.05, 4.69) is 10.3 Å². The van der Waals surface area contributed by atoms with Gasteiger partial charge < -0.3 is 15.0 Å². The van der Waals surface area contributed by atoms with E-state index < -0.39 is 5.97 Å². The van der Waals surface area contributed by atoms with E-state index in [1.165, 1.54) is 13.3 Å². The first-order valence-corrected chi connectivity index (χ1v) is 8.32. The van der Waals surface area contributed by atoms with Crippen LogP contribution >= 0.6 is 0 Å². The number of benzene rings is 2. The van der Waals surface area contributed by atoms with Crippen molar-refractivity contribution in [2.75, 3.05) is 24.4 Å². The second-order valence-corrected chi connectivity index (χ2v) is 5.85. The minimum Gasteiger partial charge on any atom is -0.465 e. The number of nitrogens with one attached hydrogen (secondary N) is 1. The topological polar surface area (TPSA) is 71.5 Å². The second-order valence-electron chi connectivity index (χ2n) is 5.85. The summed E-state index contributed by atoms with van der Waals surface area (Å²) in [6.45, 7) is 0. The summed E-state index contributed by atoms with van der Waals surface area (Å²) in [5.41, 5.74) is 3.06. The fraction of sp³-hybridized carbons (Fsp3) is 0.0952. The Balaban J connectivity index is 1.79. The molecule has 0 bridgehead atoms. The minimum absolute atomic E-state index is 0.312. The van der Waals surface area contributed by atoms with Gasteiger partial charge in [0, 0.05) is 24.6 Å². The number of ether oxygens (including phenoxy) is 1. The van der Waals surface area contributed by atoms with E-state index in [1.807, 2.05) is 42.3 Å². The monoisotopic (exact) mass is 361 g/mol. The van der Waals surface area contributed by atoms with Crippen molar-refractivity contribution >= 4 is 28.9 Å². The van der Waals surface area contributed by atoms with Crippen molar-refractivity contribution in [1.82, 2.24) is 4.98 Å². The first-order valence-electron chi connectivity index (χ1n) is 8.32. The first kappa shape index (κ1) is 18.1. The number of anilines is 3. The quantitative estimate of drug-likeness (QED) is 0.698. The Hall–Kier alpha value is -3.67. The number of hydrogen-bond acceptors (Lipinski definition) is 5. The third-order valence-electron chi connectivity index (χ3n) is 4.06.